The smallest absolute Gasteiger partial charge is 0.336 e. The van der Waals surface area contributed by atoms with Crippen LogP contribution < -0.4 is 5.69 Å². The van der Waals surface area contributed by atoms with Crippen LogP contribution in [0.4, 0.5) is 0 Å². The average Bonchev–Trinajstić information content (AvgIpc) is 3.03. The Hall–Kier alpha value is -2.43. The van der Waals surface area contributed by atoms with Gasteiger partial charge >= 0.3 is 5.69 Å². The van der Waals surface area contributed by atoms with Crippen LogP contribution in [0.5, 0.6) is 0 Å². The summed E-state index contributed by atoms with van der Waals surface area (Å²) in [6.45, 7) is 6.95. The Morgan fingerprint density at radius 2 is 2.00 bits per heavy atom. The molecule has 0 unspecified atom stereocenters. The maximum Gasteiger partial charge on any atom is 0.347 e. The first-order chi connectivity index (χ1) is 12.0. The molecule has 1 amide bonds. The normalized spacial score (nSPS) is 17.1. The third-order valence-corrected chi connectivity index (χ3v) is 5.02. The van der Waals surface area contributed by atoms with Crippen LogP contribution in [0.15, 0.2) is 35.1 Å². The monoisotopic (exact) mass is 339 g/mol. The molecule has 0 bridgehead atoms. The van der Waals surface area contributed by atoms with E-state index in [1.54, 1.807) is 11.5 Å². The van der Waals surface area contributed by atoms with Gasteiger partial charge in [-0.2, -0.15) is 4.98 Å². The fourth-order valence-electron chi connectivity index (χ4n) is 3.75. The molecule has 25 heavy (non-hydrogen) atoms. The van der Waals surface area contributed by atoms with Crippen molar-refractivity contribution in [2.45, 2.75) is 52.6 Å². The standard InChI is InChI=1S/C20H25N3O2/c1-14-7-4-5-8-17(14)18-9-6-11-23(18)19(24)10-12-22-16(3)13-15(2)21-20(22)25/h4-5,7-8,13,18H,6,9-12H2,1-3H3/t18-/m0/s1. The van der Waals surface area contributed by atoms with Gasteiger partial charge in [-0.25, -0.2) is 4.79 Å². The van der Waals surface area contributed by atoms with Crippen molar-refractivity contribution in [1.82, 2.24) is 14.5 Å². The van der Waals surface area contributed by atoms with Crippen LogP contribution in [0, 0.1) is 20.8 Å². The third-order valence-electron chi connectivity index (χ3n) is 5.02. The van der Waals surface area contributed by atoms with E-state index in [0.717, 1.165) is 25.1 Å². The highest BCUT2D eigenvalue weighted by Crippen LogP contribution is 2.34. The predicted octanol–water partition coefficient (Wildman–Crippen LogP) is 2.92. The quantitative estimate of drug-likeness (QED) is 0.860. The lowest BCUT2D eigenvalue weighted by Crippen LogP contribution is -2.33. The maximum absolute atomic E-state index is 12.8. The van der Waals surface area contributed by atoms with Gasteiger partial charge in [0.15, 0.2) is 0 Å². The van der Waals surface area contributed by atoms with E-state index in [1.807, 2.05) is 30.0 Å². The molecule has 0 N–H and O–H groups in total. The zero-order valence-electron chi connectivity index (χ0n) is 15.2. The fourth-order valence-corrected chi connectivity index (χ4v) is 3.75. The molecule has 5 nitrogen and oxygen atoms in total. The van der Waals surface area contributed by atoms with Crippen LogP contribution >= 0.6 is 0 Å². The Bertz CT molecular complexity index is 841. The van der Waals surface area contributed by atoms with Crippen LogP contribution in [-0.2, 0) is 11.3 Å². The van der Waals surface area contributed by atoms with Crippen LogP contribution in [-0.4, -0.2) is 26.9 Å². The molecule has 1 aliphatic rings. The summed E-state index contributed by atoms with van der Waals surface area (Å²) in [7, 11) is 0. The molecule has 0 aliphatic carbocycles. The van der Waals surface area contributed by atoms with Crippen molar-refractivity contribution in [2.24, 2.45) is 0 Å². The summed E-state index contributed by atoms with van der Waals surface area (Å²) in [6, 6.07) is 10.3. The number of carbonyl (C=O) groups excluding carboxylic acids is 1. The highest BCUT2D eigenvalue weighted by atomic mass is 16.2. The summed E-state index contributed by atoms with van der Waals surface area (Å²) in [4.78, 5) is 30.8. The Balaban J connectivity index is 1.73. The van der Waals surface area contributed by atoms with E-state index in [2.05, 4.69) is 24.0 Å². The van der Waals surface area contributed by atoms with Gasteiger partial charge in [0.1, 0.15) is 0 Å². The van der Waals surface area contributed by atoms with Crippen molar-refractivity contribution in [3.05, 3.63) is 63.3 Å². The van der Waals surface area contributed by atoms with Crippen molar-refractivity contribution in [3.8, 4) is 0 Å². The Morgan fingerprint density at radius 1 is 1.24 bits per heavy atom. The zero-order chi connectivity index (χ0) is 18.0. The number of aryl methyl sites for hydroxylation is 3. The van der Waals surface area contributed by atoms with Gasteiger partial charge in [-0.05, 0) is 50.8 Å². The van der Waals surface area contributed by atoms with Gasteiger partial charge < -0.3 is 4.90 Å². The van der Waals surface area contributed by atoms with Crippen LogP contribution in [0.25, 0.3) is 0 Å². The molecule has 2 aromatic rings. The Labute approximate surface area is 148 Å². The predicted molar refractivity (Wildman–Crippen MR) is 97.5 cm³/mol. The molecular formula is C20H25N3O2. The lowest BCUT2D eigenvalue weighted by Gasteiger charge is -2.26. The second kappa shape index (κ2) is 7.21. The molecule has 1 atom stereocenters. The van der Waals surface area contributed by atoms with E-state index < -0.39 is 0 Å². The molecule has 1 aliphatic heterocycles. The molecular weight excluding hydrogens is 314 g/mol. The number of carbonyl (C=O) groups is 1. The molecule has 2 heterocycles. The number of nitrogens with zero attached hydrogens (tertiary/aromatic N) is 3. The largest absolute Gasteiger partial charge is 0.347 e. The summed E-state index contributed by atoms with van der Waals surface area (Å²) in [5.41, 5.74) is 3.74. The SMILES string of the molecule is Cc1cc(C)n(CCC(=O)N2CCC[C@H]2c2ccccc2C)c(=O)n1. The van der Waals surface area contributed by atoms with Gasteiger partial charge in [0, 0.05) is 30.9 Å². The number of benzene rings is 1. The molecule has 1 saturated heterocycles. The van der Waals surface area contributed by atoms with Crippen molar-refractivity contribution in [2.75, 3.05) is 6.54 Å². The molecule has 1 aromatic heterocycles. The van der Waals surface area contributed by atoms with Crippen molar-refractivity contribution in [1.29, 1.82) is 0 Å². The summed E-state index contributed by atoms with van der Waals surface area (Å²) < 4.78 is 1.59. The third kappa shape index (κ3) is 3.65. The second-order valence-corrected chi connectivity index (χ2v) is 6.82. The van der Waals surface area contributed by atoms with Gasteiger partial charge in [0.05, 0.1) is 6.04 Å². The van der Waals surface area contributed by atoms with Crippen LogP contribution in [0.3, 0.4) is 0 Å². The first kappa shape index (κ1) is 17.4. The van der Waals surface area contributed by atoms with E-state index in [4.69, 9.17) is 0 Å². The number of aromatic nitrogens is 2. The van der Waals surface area contributed by atoms with Gasteiger partial charge in [0.2, 0.25) is 5.91 Å². The molecule has 1 aromatic carbocycles. The van der Waals surface area contributed by atoms with Crippen LogP contribution in [0.2, 0.25) is 0 Å². The van der Waals surface area contributed by atoms with Crippen molar-refractivity contribution >= 4 is 5.91 Å². The van der Waals surface area contributed by atoms with E-state index >= 15 is 0 Å². The van der Waals surface area contributed by atoms with Gasteiger partial charge in [0.25, 0.3) is 0 Å². The minimum absolute atomic E-state index is 0.109. The van der Waals surface area contributed by atoms with Gasteiger partial charge in [-0.15, -0.1) is 0 Å². The lowest BCUT2D eigenvalue weighted by atomic mass is 9.99. The first-order valence-corrected chi connectivity index (χ1v) is 8.87. The molecule has 1 fully saturated rings. The first-order valence-electron chi connectivity index (χ1n) is 8.87. The van der Waals surface area contributed by atoms with Crippen molar-refractivity contribution < 1.29 is 4.79 Å². The van der Waals surface area contributed by atoms with E-state index in [-0.39, 0.29) is 17.6 Å². The maximum atomic E-state index is 12.8. The molecule has 0 spiro atoms. The average molecular weight is 339 g/mol. The number of likely N-dealkylation sites (tertiary alicyclic amines) is 1. The molecule has 0 saturated carbocycles. The van der Waals surface area contributed by atoms with E-state index in [1.165, 1.54) is 11.1 Å². The molecule has 5 heteroatoms. The number of hydrogen-bond donors (Lipinski definition) is 0. The topological polar surface area (TPSA) is 55.2 Å². The zero-order valence-corrected chi connectivity index (χ0v) is 15.2. The molecule has 132 valence electrons. The number of amides is 1. The van der Waals surface area contributed by atoms with E-state index in [0.29, 0.717) is 18.7 Å². The summed E-state index contributed by atoms with van der Waals surface area (Å²) in [6.07, 6.45) is 2.35. The minimum Gasteiger partial charge on any atom is -0.336 e. The van der Waals surface area contributed by atoms with Crippen LogP contribution in [0.1, 0.15) is 47.8 Å². The minimum atomic E-state index is -0.276. The lowest BCUT2D eigenvalue weighted by molar-refractivity contribution is -0.132. The number of rotatable bonds is 4. The highest BCUT2D eigenvalue weighted by Gasteiger charge is 2.30. The summed E-state index contributed by atoms with van der Waals surface area (Å²) in [5, 5.41) is 0. The van der Waals surface area contributed by atoms with E-state index in [9.17, 15) is 9.59 Å². The Kier molecular flexibility index (Phi) is 5.02. The fraction of sp³-hybridized carbons (Fsp3) is 0.450. The molecule has 0 radical (unpaired) electrons. The highest BCUT2D eigenvalue weighted by molar-refractivity contribution is 5.77. The second-order valence-electron chi connectivity index (χ2n) is 6.82. The Morgan fingerprint density at radius 3 is 2.72 bits per heavy atom. The number of hydrogen-bond acceptors (Lipinski definition) is 3. The van der Waals surface area contributed by atoms with Gasteiger partial charge in [-0.1, -0.05) is 24.3 Å². The van der Waals surface area contributed by atoms with Gasteiger partial charge in [-0.3, -0.25) is 9.36 Å². The molecule has 3 rings (SSSR count). The summed E-state index contributed by atoms with van der Waals surface area (Å²) >= 11 is 0. The summed E-state index contributed by atoms with van der Waals surface area (Å²) in [5.74, 6) is 0.109. The van der Waals surface area contributed by atoms with Crippen molar-refractivity contribution in [3.63, 3.8) is 0 Å².